The molecular weight excluding hydrogens is 323 g/mol. The third kappa shape index (κ3) is 3.97. The van der Waals surface area contributed by atoms with E-state index in [1.807, 2.05) is 0 Å². The third-order valence-electron chi connectivity index (χ3n) is 2.52. The van der Waals surface area contributed by atoms with Gasteiger partial charge >= 0.3 is 0 Å². The van der Waals surface area contributed by atoms with Crippen molar-refractivity contribution < 1.29 is 8.78 Å². The minimum absolute atomic E-state index is 0.397. The Labute approximate surface area is 109 Å². The van der Waals surface area contributed by atoms with Crippen LogP contribution in [0.25, 0.3) is 0 Å². The van der Waals surface area contributed by atoms with Gasteiger partial charge in [-0.2, -0.15) is 0 Å². The molecule has 0 saturated heterocycles. The Morgan fingerprint density at radius 3 is 2.44 bits per heavy atom. The van der Waals surface area contributed by atoms with Crippen LogP contribution in [0.3, 0.4) is 0 Å². The lowest BCUT2D eigenvalue weighted by molar-refractivity contribution is 0.435. The first kappa shape index (κ1) is 13.8. The van der Waals surface area contributed by atoms with Crippen LogP contribution in [0.1, 0.15) is 19.4 Å². The molecule has 1 atom stereocenters. The standard InChI is InChI=1S/C12H16F2IN/c1-8(2)12(6-15)16-7-9-3-4-10(13)11(14)5-9/h3-5,8,12,16H,6-7H2,1-2H3. The van der Waals surface area contributed by atoms with Crippen LogP contribution in [0.4, 0.5) is 8.78 Å². The van der Waals surface area contributed by atoms with E-state index in [0.29, 0.717) is 18.5 Å². The van der Waals surface area contributed by atoms with Crippen LogP contribution in [0.2, 0.25) is 0 Å². The minimum Gasteiger partial charge on any atom is -0.309 e. The number of hydrogen-bond acceptors (Lipinski definition) is 1. The number of nitrogens with one attached hydrogen (secondary N) is 1. The third-order valence-corrected chi connectivity index (χ3v) is 3.47. The molecule has 1 unspecified atom stereocenters. The molecule has 0 amide bonds. The molecule has 0 aliphatic carbocycles. The van der Waals surface area contributed by atoms with Gasteiger partial charge in [-0.05, 0) is 23.6 Å². The predicted molar refractivity (Wildman–Crippen MR) is 70.7 cm³/mol. The van der Waals surface area contributed by atoms with E-state index in [4.69, 9.17) is 0 Å². The Morgan fingerprint density at radius 1 is 1.25 bits per heavy atom. The Kier molecular flexibility index (Phi) is 5.61. The van der Waals surface area contributed by atoms with E-state index >= 15 is 0 Å². The highest BCUT2D eigenvalue weighted by atomic mass is 127. The van der Waals surface area contributed by atoms with E-state index in [2.05, 4.69) is 41.8 Å². The molecule has 0 radical (unpaired) electrons. The van der Waals surface area contributed by atoms with E-state index in [1.165, 1.54) is 12.1 Å². The molecule has 0 spiro atoms. The molecule has 0 aromatic heterocycles. The van der Waals surface area contributed by atoms with Gasteiger partial charge in [-0.3, -0.25) is 0 Å². The van der Waals surface area contributed by atoms with Gasteiger partial charge < -0.3 is 5.32 Å². The molecule has 0 heterocycles. The molecule has 0 fully saturated rings. The lowest BCUT2D eigenvalue weighted by Gasteiger charge is -2.20. The summed E-state index contributed by atoms with van der Waals surface area (Å²) in [7, 11) is 0. The van der Waals surface area contributed by atoms with Gasteiger partial charge in [0.05, 0.1) is 0 Å². The predicted octanol–water partition coefficient (Wildman–Crippen LogP) is 3.51. The monoisotopic (exact) mass is 339 g/mol. The molecule has 16 heavy (non-hydrogen) atoms. The van der Waals surface area contributed by atoms with Crippen molar-refractivity contribution in [2.75, 3.05) is 4.43 Å². The number of alkyl halides is 1. The second-order valence-electron chi connectivity index (χ2n) is 4.13. The van der Waals surface area contributed by atoms with Crippen molar-refractivity contribution in [1.82, 2.24) is 5.32 Å². The van der Waals surface area contributed by atoms with E-state index in [9.17, 15) is 8.78 Å². The first-order chi connectivity index (χ1) is 7.54. The maximum atomic E-state index is 12.9. The van der Waals surface area contributed by atoms with Crippen LogP contribution in [0.15, 0.2) is 18.2 Å². The summed E-state index contributed by atoms with van der Waals surface area (Å²) in [6.07, 6.45) is 0. The summed E-state index contributed by atoms with van der Waals surface area (Å²) < 4.78 is 26.6. The summed E-state index contributed by atoms with van der Waals surface area (Å²) >= 11 is 2.32. The molecule has 0 bridgehead atoms. The maximum absolute atomic E-state index is 12.9. The number of rotatable bonds is 5. The van der Waals surface area contributed by atoms with Gasteiger partial charge in [-0.15, -0.1) is 0 Å². The zero-order valence-electron chi connectivity index (χ0n) is 9.43. The van der Waals surface area contributed by atoms with Gasteiger partial charge in [-0.25, -0.2) is 8.78 Å². The Bertz CT molecular complexity index is 342. The van der Waals surface area contributed by atoms with Gasteiger partial charge in [0.2, 0.25) is 0 Å². The van der Waals surface area contributed by atoms with Crippen LogP contribution in [-0.2, 0) is 6.54 Å². The van der Waals surface area contributed by atoms with Crippen molar-refractivity contribution in [2.45, 2.75) is 26.4 Å². The highest BCUT2D eigenvalue weighted by Gasteiger charge is 2.11. The van der Waals surface area contributed by atoms with Crippen molar-refractivity contribution in [3.8, 4) is 0 Å². The molecule has 1 N–H and O–H groups in total. The average molecular weight is 339 g/mol. The largest absolute Gasteiger partial charge is 0.309 e. The Hall–Kier alpha value is -0.230. The number of hydrogen-bond donors (Lipinski definition) is 1. The zero-order valence-corrected chi connectivity index (χ0v) is 11.6. The van der Waals surface area contributed by atoms with Crippen LogP contribution in [0, 0.1) is 17.6 Å². The summed E-state index contributed by atoms with van der Waals surface area (Å²) in [5.74, 6) is -1.05. The lowest BCUT2D eigenvalue weighted by Crippen LogP contribution is -2.34. The number of benzene rings is 1. The fourth-order valence-electron chi connectivity index (χ4n) is 1.37. The van der Waals surface area contributed by atoms with Crippen LogP contribution in [-0.4, -0.2) is 10.5 Å². The molecule has 4 heteroatoms. The van der Waals surface area contributed by atoms with Crippen molar-refractivity contribution in [2.24, 2.45) is 5.92 Å². The average Bonchev–Trinajstić information content (AvgIpc) is 2.23. The molecule has 0 saturated carbocycles. The first-order valence-electron chi connectivity index (χ1n) is 5.28. The first-order valence-corrected chi connectivity index (χ1v) is 6.80. The molecular formula is C12H16F2IN. The molecule has 90 valence electrons. The topological polar surface area (TPSA) is 12.0 Å². The molecule has 1 aromatic rings. The van der Waals surface area contributed by atoms with E-state index < -0.39 is 11.6 Å². The zero-order chi connectivity index (χ0) is 12.1. The van der Waals surface area contributed by atoms with Gasteiger partial charge in [0.1, 0.15) is 0 Å². The second kappa shape index (κ2) is 6.49. The second-order valence-corrected chi connectivity index (χ2v) is 5.01. The normalized spacial score (nSPS) is 13.1. The van der Waals surface area contributed by atoms with Gasteiger partial charge in [0, 0.05) is 17.0 Å². The fourth-order valence-corrected chi connectivity index (χ4v) is 2.70. The lowest BCUT2D eigenvalue weighted by atomic mass is 10.1. The smallest absolute Gasteiger partial charge is 0.159 e. The molecule has 1 nitrogen and oxygen atoms in total. The molecule has 1 aromatic carbocycles. The van der Waals surface area contributed by atoms with Gasteiger partial charge in [0.25, 0.3) is 0 Å². The van der Waals surface area contributed by atoms with Crippen LogP contribution < -0.4 is 5.32 Å². The summed E-state index contributed by atoms with van der Waals surface area (Å²) in [5, 5.41) is 3.34. The molecule has 1 rings (SSSR count). The highest BCUT2D eigenvalue weighted by Crippen LogP contribution is 2.10. The number of halogens is 3. The summed E-state index contributed by atoms with van der Waals surface area (Å²) in [5.41, 5.74) is 0.773. The Balaban J connectivity index is 2.57. The van der Waals surface area contributed by atoms with E-state index in [1.54, 1.807) is 6.07 Å². The summed E-state index contributed by atoms with van der Waals surface area (Å²) in [6.45, 7) is 4.85. The van der Waals surface area contributed by atoms with Crippen molar-refractivity contribution in [3.63, 3.8) is 0 Å². The quantitative estimate of drug-likeness (QED) is 0.639. The van der Waals surface area contributed by atoms with Crippen molar-refractivity contribution >= 4 is 22.6 Å². The van der Waals surface area contributed by atoms with Crippen molar-refractivity contribution in [1.29, 1.82) is 0 Å². The summed E-state index contributed by atoms with van der Waals surface area (Å²) in [4.78, 5) is 0. The van der Waals surface area contributed by atoms with E-state index in [-0.39, 0.29) is 0 Å². The molecule has 0 aliphatic rings. The van der Waals surface area contributed by atoms with Gasteiger partial charge in [0.15, 0.2) is 11.6 Å². The minimum atomic E-state index is -0.793. The SMILES string of the molecule is CC(C)C(CI)NCc1ccc(F)c(F)c1. The van der Waals surface area contributed by atoms with Crippen LogP contribution >= 0.6 is 22.6 Å². The van der Waals surface area contributed by atoms with Gasteiger partial charge in [-0.1, -0.05) is 42.5 Å². The Morgan fingerprint density at radius 2 is 1.94 bits per heavy atom. The maximum Gasteiger partial charge on any atom is 0.159 e. The van der Waals surface area contributed by atoms with E-state index in [0.717, 1.165) is 9.99 Å². The molecule has 0 aliphatic heterocycles. The summed E-state index contributed by atoms with van der Waals surface area (Å²) in [6, 6.07) is 4.41. The van der Waals surface area contributed by atoms with Crippen molar-refractivity contribution in [3.05, 3.63) is 35.4 Å². The van der Waals surface area contributed by atoms with Crippen LogP contribution in [0.5, 0.6) is 0 Å². The fraction of sp³-hybridized carbons (Fsp3) is 0.500. The highest BCUT2D eigenvalue weighted by molar-refractivity contribution is 14.1.